The molecule has 2 N–H and O–H groups in total. The van der Waals surface area contributed by atoms with Crippen molar-refractivity contribution in [3.63, 3.8) is 0 Å². The summed E-state index contributed by atoms with van der Waals surface area (Å²) in [6.07, 6.45) is 3.44. The monoisotopic (exact) mass is 213 g/mol. The molecule has 0 bridgehead atoms. The van der Waals surface area contributed by atoms with Crippen LogP contribution in [0.15, 0.2) is 48.8 Å². The summed E-state index contributed by atoms with van der Waals surface area (Å²) in [5.41, 5.74) is 7.94. The average Bonchev–Trinajstić information content (AvgIpc) is 2.39. The van der Waals surface area contributed by atoms with Crippen molar-refractivity contribution < 1.29 is 4.74 Å². The van der Waals surface area contributed by atoms with Crippen LogP contribution in [0.25, 0.3) is 0 Å². The van der Waals surface area contributed by atoms with E-state index in [1.165, 1.54) is 0 Å². The summed E-state index contributed by atoms with van der Waals surface area (Å²) in [5.74, 6) is 0.775. The quantitative estimate of drug-likeness (QED) is 0.848. The SMILES string of the molecule is COc1ccccc1[C](N)c1ccncc1. The second-order valence-electron chi connectivity index (χ2n) is 3.35. The lowest BCUT2D eigenvalue weighted by molar-refractivity contribution is 0.411. The van der Waals surface area contributed by atoms with E-state index in [0.29, 0.717) is 6.04 Å². The van der Waals surface area contributed by atoms with Gasteiger partial charge in [0.2, 0.25) is 0 Å². The van der Waals surface area contributed by atoms with Gasteiger partial charge in [0.15, 0.2) is 0 Å². The highest BCUT2D eigenvalue weighted by Crippen LogP contribution is 2.26. The lowest BCUT2D eigenvalue weighted by Gasteiger charge is -2.14. The highest BCUT2D eigenvalue weighted by molar-refractivity contribution is 5.50. The van der Waals surface area contributed by atoms with Crippen LogP contribution in [-0.4, -0.2) is 12.1 Å². The predicted octanol–water partition coefficient (Wildman–Crippen LogP) is 1.98. The maximum absolute atomic E-state index is 6.10. The van der Waals surface area contributed by atoms with Crippen LogP contribution in [0.3, 0.4) is 0 Å². The van der Waals surface area contributed by atoms with Gasteiger partial charge in [-0.25, -0.2) is 0 Å². The number of nitrogens with two attached hydrogens (primary N) is 1. The molecule has 1 aromatic carbocycles. The molecule has 0 spiro atoms. The molecule has 1 radical (unpaired) electrons. The second kappa shape index (κ2) is 4.77. The van der Waals surface area contributed by atoms with Crippen LogP contribution in [0.4, 0.5) is 0 Å². The molecule has 0 saturated carbocycles. The molecule has 81 valence electrons. The lowest BCUT2D eigenvalue weighted by atomic mass is 10.00. The Morgan fingerprint density at radius 2 is 1.81 bits per heavy atom. The molecule has 0 aliphatic carbocycles. The lowest BCUT2D eigenvalue weighted by Crippen LogP contribution is -2.14. The number of hydrogen-bond acceptors (Lipinski definition) is 3. The minimum atomic E-state index is 0.694. The fourth-order valence-corrected chi connectivity index (χ4v) is 1.55. The molecule has 0 saturated heterocycles. The molecule has 16 heavy (non-hydrogen) atoms. The normalized spacial score (nSPS) is 10.4. The number of ether oxygens (including phenoxy) is 1. The number of aromatic nitrogens is 1. The Labute approximate surface area is 94.9 Å². The van der Waals surface area contributed by atoms with Gasteiger partial charge in [-0.3, -0.25) is 4.98 Å². The molecule has 2 rings (SSSR count). The van der Waals surface area contributed by atoms with Gasteiger partial charge >= 0.3 is 0 Å². The number of methoxy groups -OCH3 is 1. The van der Waals surface area contributed by atoms with Crippen LogP contribution in [0.2, 0.25) is 0 Å². The Bertz CT molecular complexity index is 456. The largest absolute Gasteiger partial charge is 0.496 e. The van der Waals surface area contributed by atoms with E-state index in [2.05, 4.69) is 4.98 Å². The molecule has 2 aromatic rings. The standard InChI is InChI=1S/C13H13N2O/c1-16-12-5-3-2-4-11(12)13(14)10-6-8-15-9-7-10/h2-9H,14H2,1H3. The van der Waals surface area contributed by atoms with Crippen LogP contribution in [-0.2, 0) is 0 Å². The average molecular weight is 213 g/mol. The Morgan fingerprint density at radius 1 is 1.12 bits per heavy atom. The molecular formula is C13H13N2O. The summed E-state index contributed by atoms with van der Waals surface area (Å²) in [6, 6.07) is 12.1. The van der Waals surface area contributed by atoms with Crippen LogP contribution >= 0.6 is 0 Å². The summed E-state index contributed by atoms with van der Waals surface area (Å²) in [7, 11) is 1.64. The zero-order valence-corrected chi connectivity index (χ0v) is 9.05. The topological polar surface area (TPSA) is 48.1 Å². The first-order chi connectivity index (χ1) is 7.83. The number of rotatable bonds is 3. The molecule has 1 aromatic heterocycles. The van der Waals surface area contributed by atoms with Gasteiger partial charge in [0.1, 0.15) is 5.75 Å². The van der Waals surface area contributed by atoms with Gasteiger partial charge in [-0.15, -0.1) is 0 Å². The fourth-order valence-electron chi connectivity index (χ4n) is 1.55. The van der Waals surface area contributed by atoms with E-state index in [1.54, 1.807) is 19.5 Å². The molecule has 3 heteroatoms. The van der Waals surface area contributed by atoms with Gasteiger partial charge in [0.25, 0.3) is 0 Å². The Hall–Kier alpha value is -1.87. The smallest absolute Gasteiger partial charge is 0.124 e. The maximum Gasteiger partial charge on any atom is 0.124 e. The highest BCUT2D eigenvalue weighted by Gasteiger charge is 2.13. The van der Waals surface area contributed by atoms with Crippen molar-refractivity contribution in [2.75, 3.05) is 7.11 Å². The van der Waals surface area contributed by atoms with Crippen LogP contribution in [0.5, 0.6) is 5.75 Å². The maximum atomic E-state index is 6.10. The molecule has 0 fully saturated rings. The van der Waals surface area contributed by atoms with Crippen molar-refractivity contribution >= 4 is 0 Å². The van der Waals surface area contributed by atoms with Crippen molar-refractivity contribution in [3.8, 4) is 5.75 Å². The first kappa shape index (κ1) is 10.6. The molecule has 0 atom stereocenters. The number of benzene rings is 1. The van der Waals surface area contributed by atoms with Crippen LogP contribution in [0, 0.1) is 6.04 Å². The molecule has 0 amide bonds. The van der Waals surface area contributed by atoms with Crippen molar-refractivity contribution in [3.05, 3.63) is 66.0 Å². The summed E-state index contributed by atoms with van der Waals surface area (Å²) in [4.78, 5) is 3.96. The number of nitrogens with zero attached hydrogens (tertiary/aromatic N) is 1. The van der Waals surface area contributed by atoms with Gasteiger partial charge in [-0.2, -0.15) is 0 Å². The van der Waals surface area contributed by atoms with Crippen LogP contribution in [0.1, 0.15) is 11.1 Å². The van der Waals surface area contributed by atoms with Crippen molar-refractivity contribution in [2.45, 2.75) is 0 Å². The Morgan fingerprint density at radius 3 is 2.50 bits per heavy atom. The van der Waals surface area contributed by atoms with Gasteiger partial charge in [0.05, 0.1) is 13.2 Å². The van der Waals surface area contributed by atoms with Crippen molar-refractivity contribution in [2.24, 2.45) is 5.73 Å². The number of hydrogen-bond donors (Lipinski definition) is 1. The first-order valence-electron chi connectivity index (χ1n) is 4.99. The minimum absolute atomic E-state index is 0.694. The number of pyridine rings is 1. The third kappa shape index (κ3) is 2.04. The van der Waals surface area contributed by atoms with Crippen molar-refractivity contribution in [1.82, 2.24) is 4.98 Å². The van der Waals surface area contributed by atoms with Gasteiger partial charge in [-0.1, -0.05) is 18.2 Å². The number of para-hydroxylation sites is 1. The summed E-state index contributed by atoms with van der Waals surface area (Å²) < 4.78 is 5.27. The zero-order valence-electron chi connectivity index (χ0n) is 9.05. The zero-order chi connectivity index (χ0) is 11.4. The Balaban J connectivity index is 2.37. The predicted molar refractivity (Wildman–Crippen MR) is 62.9 cm³/mol. The van der Waals surface area contributed by atoms with Gasteiger partial charge in [-0.05, 0) is 23.8 Å². The molecular weight excluding hydrogens is 200 g/mol. The van der Waals surface area contributed by atoms with Crippen molar-refractivity contribution in [1.29, 1.82) is 0 Å². The Kier molecular flexibility index (Phi) is 3.17. The molecule has 0 unspecified atom stereocenters. The summed E-state index contributed by atoms with van der Waals surface area (Å²) in [5, 5.41) is 0. The van der Waals surface area contributed by atoms with Crippen LogP contribution < -0.4 is 10.5 Å². The molecule has 1 heterocycles. The third-order valence-electron chi connectivity index (χ3n) is 2.39. The van der Waals surface area contributed by atoms with E-state index in [4.69, 9.17) is 10.5 Å². The molecule has 3 nitrogen and oxygen atoms in total. The second-order valence-corrected chi connectivity index (χ2v) is 3.35. The van der Waals surface area contributed by atoms with Gasteiger partial charge in [0, 0.05) is 18.0 Å². The van der Waals surface area contributed by atoms with E-state index in [9.17, 15) is 0 Å². The highest BCUT2D eigenvalue weighted by atomic mass is 16.5. The molecule has 0 aliphatic rings. The summed E-state index contributed by atoms with van der Waals surface area (Å²) >= 11 is 0. The first-order valence-corrected chi connectivity index (χ1v) is 4.99. The minimum Gasteiger partial charge on any atom is -0.496 e. The van der Waals surface area contributed by atoms with E-state index < -0.39 is 0 Å². The van der Waals surface area contributed by atoms with E-state index >= 15 is 0 Å². The van der Waals surface area contributed by atoms with E-state index in [-0.39, 0.29) is 0 Å². The van der Waals surface area contributed by atoms with Gasteiger partial charge < -0.3 is 10.5 Å². The van der Waals surface area contributed by atoms with E-state index in [0.717, 1.165) is 16.9 Å². The third-order valence-corrected chi connectivity index (χ3v) is 2.39. The van der Waals surface area contributed by atoms with E-state index in [1.807, 2.05) is 36.4 Å². The fraction of sp³-hybridized carbons (Fsp3) is 0.0769. The molecule has 0 aliphatic heterocycles. The summed E-state index contributed by atoms with van der Waals surface area (Å²) in [6.45, 7) is 0.